The van der Waals surface area contributed by atoms with E-state index in [0.29, 0.717) is 64.0 Å². The number of aromatic nitrogens is 4. The fourth-order valence-corrected chi connectivity index (χ4v) is 3.38. The molecular formula is C18H22N8O2. The summed E-state index contributed by atoms with van der Waals surface area (Å²) in [6, 6.07) is 1.79. The summed E-state index contributed by atoms with van der Waals surface area (Å²) in [6.07, 6.45) is 7.48. The van der Waals surface area contributed by atoms with E-state index in [1.54, 1.807) is 34.5 Å². The van der Waals surface area contributed by atoms with Gasteiger partial charge in [-0.15, -0.1) is 0 Å². The van der Waals surface area contributed by atoms with Crippen LogP contribution in [0.15, 0.2) is 30.9 Å². The lowest BCUT2D eigenvalue weighted by atomic mass is 10.3. The molecule has 0 atom stereocenters. The van der Waals surface area contributed by atoms with Gasteiger partial charge in [0.05, 0.1) is 12.4 Å². The summed E-state index contributed by atoms with van der Waals surface area (Å²) in [5, 5.41) is 0. The number of rotatable bonds is 4. The van der Waals surface area contributed by atoms with Crippen LogP contribution in [0.25, 0.3) is 0 Å². The molecule has 10 heteroatoms. The molecule has 2 amide bonds. The van der Waals surface area contributed by atoms with Gasteiger partial charge in [-0.25, -0.2) is 19.9 Å². The third-order valence-electron chi connectivity index (χ3n) is 5.05. The fraction of sp³-hybridized carbons (Fsp3) is 0.444. The van der Waals surface area contributed by atoms with E-state index >= 15 is 0 Å². The zero-order chi connectivity index (χ0) is 19.3. The summed E-state index contributed by atoms with van der Waals surface area (Å²) in [5.74, 6) is 1.31. The number of piperazine rings is 2. The Morgan fingerprint density at radius 1 is 0.821 bits per heavy atom. The fourth-order valence-electron chi connectivity index (χ4n) is 3.38. The van der Waals surface area contributed by atoms with Crippen molar-refractivity contribution in [2.45, 2.75) is 0 Å². The van der Waals surface area contributed by atoms with Crippen LogP contribution in [0.5, 0.6) is 0 Å². The summed E-state index contributed by atoms with van der Waals surface area (Å²) >= 11 is 0. The third kappa shape index (κ3) is 3.85. The Morgan fingerprint density at radius 3 is 2.11 bits per heavy atom. The van der Waals surface area contributed by atoms with E-state index in [-0.39, 0.29) is 5.91 Å². The average Bonchev–Trinajstić information content (AvgIpc) is 2.79. The Kier molecular flexibility index (Phi) is 5.27. The number of hydrogen-bond acceptors (Lipinski definition) is 8. The second-order valence-corrected chi connectivity index (χ2v) is 6.72. The van der Waals surface area contributed by atoms with Crippen LogP contribution in [0.2, 0.25) is 0 Å². The summed E-state index contributed by atoms with van der Waals surface area (Å²) in [5.41, 5.74) is 0.347. The maximum Gasteiger partial charge on any atom is 0.274 e. The van der Waals surface area contributed by atoms with Crippen molar-refractivity contribution < 1.29 is 9.59 Å². The van der Waals surface area contributed by atoms with Gasteiger partial charge in [-0.3, -0.25) is 9.59 Å². The van der Waals surface area contributed by atoms with Gasteiger partial charge in [0, 0.05) is 64.8 Å². The van der Waals surface area contributed by atoms with Crippen molar-refractivity contribution in [3.63, 3.8) is 0 Å². The SMILES string of the molecule is O=CN1CCN(c2cnc(C(=O)N3CCN(c4ncccn4)CC3)cn2)CC1. The van der Waals surface area contributed by atoms with Crippen LogP contribution in [0.3, 0.4) is 0 Å². The Labute approximate surface area is 162 Å². The molecule has 2 saturated heterocycles. The lowest BCUT2D eigenvalue weighted by Crippen LogP contribution is -2.49. The molecule has 0 spiro atoms. The monoisotopic (exact) mass is 382 g/mol. The molecular weight excluding hydrogens is 360 g/mol. The van der Waals surface area contributed by atoms with Gasteiger partial charge in [0.15, 0.2) is 0 Å². The van der Waals surface area contributed by atoms with E-state index in [2.05, 4.69) is 29.7 Å². The Morgan fingerprint density at radius 2 is 1.50 bits per heavy atom. The highest BCUT2D eigenvalue weighted by atomic mass is 16.2. The molecule has 0 unspecified atom stereocenters. The van der Waals surface area contributed by atoms with Crippen LogP contribution in [0.1, 0.15) is 10.5 Å². The topological polar surface area (TPSA) is 98.7 Å². The summed E-state index contributed by atoms with van der Waals surface area (Å²) in [6.45, 7) is 5.31. The van der Waals surface area contributed by atoms with Crippen LogP contribution in [-0.4, -0.2) is 94.4 Å². The van der Waals surface area contributed by atoms with Crippen molar-refractivity contribution in [1.29, 1.82) is 0 Å². The zero-order valence-electron chi connectivity index (χ0n) is 15.5. The second kappa shape index (κ2) is 8.15. The van der Waals surface area contributed by atoms with Crippen LogP contribution < -0.4 is 9.80 Å². The summed E-state index contributed by atoms with van der Waals surface area (Å²) in [7, 11) is 0. The van der Waals surface area contributed by atoms with E-state index in [1.165, 1.54) is 6.20 Å². The van der Waals surface area contributed by atoms with Gasteiger partial charge < -0.3 is 19.6 Å². The molecule has 2 aromatic heterocycles. The first-order valence-electron chi connectivity index (χ1n) is 9.32. The minimum atomic E-state index is -0.113. The van der Waals surface area contributed by atoms with Gasteiger partial charge in [0.2, 0.25) is 12.4 Å². The lowest BCUT2D eigenvalue weighted by molar-refractivity contribution is -0.118. The van der Waals surface area contributed by atoms with E-state index in [4.69, 9.17) is 0 Å². The lowest BCUT2D eigenvalue weighted by Gasteiger charge is -2.34. The van der Waals surface area contributed by atoms with Crippen LogP contribution in [0, 0.1) is 0 Å². The molecule has 10 nitrogen and oxygen atoms in total. The first-order chi connectivity index (χ1) is 13.7. The molecule has 146 valence electrons. The highest BCUT2D eigenvalue weighted by molar-refractivity contribution is 5.92. The van der Waals surface area contributed by atoms with E-state index in [1.807, 2.05) is 0 Å². The number of nitrogens with zero attached hydrogens (tertiary/aromatic N) is 8. The molecule has 4 rings (SSSR count). The quantitative estimate of drug-likeness (QED) is 0.653. The predicted octanol–water partition coefficient (Wildman–Crippen LogP) is -0.493. The van der Waals surface area contributed by atoms with Gasteiger partial charge in [0.25, 0.3) is 5.91 Å². The predicted molar refractivity (Wildman–Crippen MR) is 102 cm³/mol. The van der Waals surface area contributed by atoms with Gasteiger partial charge in [-0.05, 0) is 6.07 Å². The molecule has 0 aromatic carbocycles. The Bertz CT molecular complexity index is 800. The van der Waals surface area contributed by atoms with Crippen LogP contribution in [-0.2, 0) is 4.79 Å². The smallest absolute Gasteiger partial charge is 0.274 e. The maximum absolute atomic E-state index is 12.7. The highest BCUT2D eigenvalue weighted by Gasteiger charge is 2.25. The van der Waals surface area contributed by atoms with Crippen molar-refractivity contribution >= 4 is 24.1 Å². The zero-order valence-corrected chi connectivity index (χ0v) is 15.5. The van der Waals surface area contributed by atoms with E-state index < -0.39 is 0 Å². The van der Waals surface area contributed by atoms with Crippen molar-refractivity contribution in [3.8, 4) is 0 Å². The minimum absolute atomic E-state index is 0.113. The number of amides is 2. The number of carbonyl (C=O) groups is 2. The van der Waals surface area contributed by atoms with Gasteiger partial charge in [-0.2, -0.15) is 0 Å². The molecule has 0 aliphatic carbocycles. The molecule has 28 heavy (non-hydrogen) atoms. The Balaban J connectivity index is 1.33. The normalized spacial score (nSPS) is 17.6. The molecule has 0 bridgehead atoms. The van der Waals surface area contributed by atoms with Gasteiger partial charge in [-0.1, -0.05) is 0 Å². The standard InChI is InChI=1S/C18H22N8O2/c27-14-23-4-6-24(7-5-23)16-13-21-15(12-22-16)17(28)25-8-10-26(11-9-25)18-19-2-1-3-20-18/h1-3,12-14H,4-11H2. The van der Waals surface area contributed by atoms with Crippen molar-refractivity contribution in [1.82, 2.24) is 29.7 Å². The third-order valence-corrected chi connectivity index (χ3v) is 5.05. The molecule has 0 saturated carbocycles. The first kappa shape index (κ1) is 18.1. The van der Waals surface area contributed by atoms with Crippen molar-refractivity contribution in [3.05, 3.63) is 36.5 Å². The molecule has 0 N–H and O–H groups in total. The largest absolute Gasteiger partial charge is 0.352 e. The summed E-state index contributed by atoms with van der Waals surface area (Å²) < 4.78 is 0. The van der Waals surface area contributed by atoms with Crippen LogP contribution in [0.4, 0.5) is 11.8 Å². The number of anilines is 2. The average molecular weight is 382 g/mol. The summed E-state index contributed by atoms with van der Waals surface area (Å²) in [4.78, 5) is 48.4. The molecule has 4 heterocycles. The number of hydrogen-bond donors (Lipinski definition) is 0. The van der Waals surface area contributed by atoms with E-state index in [0.717, 1.165) is 12.2 Å². The van der Waals surface area contributed by atoms with Gasteiger partial charge in [0.1, 0.15) is 11.5 Å². The molecule has 2 aromatic rings. The van der Waals surface area contributed by atoms with E-state index in [9.17, 15) is 9.59 Å². The maximum atomic E-state index is 12.7. The van der Waals surface area contributed by atoms with Crippen LogP contribution >= 0.6 is 0 Å². The second-order valence-electron chi connectivity index (χ2n) is 6.72. The molecule has 2 aliphatic heterocycles. The van der Waals surface area contributed by atoms with Crippen molar-refractivity contribution in [2.24, 2.45) is 0 Å². The Hall–Kier alpha value is -3.30. The first-order valence-corrected chi connectivity index (χ1v) is 9.32. The van der Waals surface area contributed by atoms with Crippen molar-refractivity contribution in [2.75, 3.05) is 62.2 Å². The minimum Gasteiger partial charge on any atom is -0.352 e. The molecule has 2 aliphatic rings. The molecule has 0 radical (unpaired) electrons. The highest BCUT2D eigenvalue weighted by Crippen LogP contribution is 2.14. The molecule has 2 fully saturated rings. The van der Waals surface area contributed by atoms with Gasteiger partial charge >= 0.3 is 0 Å². The number of carbonyl (C=O) groups excluding carboxylic acids is 2.